The lowest BCUT2D eigenvalue weighted by atomic mass is 10.1. The van der Waals surface area contributed by atoms with Crippen LogP contribution in [0.5, 0.6) is 0 Å². The lowest BCUT2D eigenvalue weighted by Crippen LogP contribution is -2.45. The van der Waals surface area contributed by atoms with E-state index >= 15 is 0 Å². The zero-order chi connectivity index (χ0) is 43.0. The summed E-state index contributed by atoms with van der Waals surface area (Å²) >= 11 is 0. The third kappa shape index (κ3) is 45.4. The third-order valence-corrected chi connectivity index (χ3v) is 11.6. The fourth-order valence-electron chi connectivity index (χ4n) is 7.62. The van der Waals surface area contributed by atoms with Gasteiger partial charge in [-0.2, -0.15) is 0 Å². The first kappa shape index (κ1) is 57.1. The van der Waals surface area contributed by atoms with Crippen LogP contribution in [0.4, 0.5) is 0 Å². The molecule has 0 heterocycles. The number of unbranched alkanes of at least 4 members (excludes halogenated alkanes) is 32. The van der Waals surface area contributed by atoms with E-state index in [1.54, 1.807) is 6.08 Å². The van der Waals surface area contributed by atoms with Crippen molar-refractivity contribution in [1.82, 2.24) is 5.32 Å². The molecule has 0 aliphatic carbocycles. The van der Waals surface area contributed by atoms with E-state index in [9.17, 15) is 19.8 Å². The molecule has 3 N–H and O–H groups in total. The highest BCUT2D eigenvalue weighted by Gasteiger charge is 2.18. The van der Waals surface area contributed by atoms with Gasteiger partial charge in [0, 0.05) is 12.8 Å². The summed E-state index contributed by atoms with van der Waals surface area (Å²) in [5.74, 6) is -0.118. The molecule has 0 aliphatic rings. The van der Waals surface area contributed by atoms with Crippen LogP contribution in [0.2, 0.25) is 0 Å². The van der Waals surface area contributed by atoms with E-state index in [4.69, 9.17) is 4.74 Å². The number of rotatable bonds is 47. The van der Waals surface area contributed by atoms with Crippen LogP contribution in [-0.2, 0) is 14.3 Å². The second kappa shape index (κ2) is 48.7. The number of hydrogen-bond donors (Lipinski definition) is 3. The van der Waals surface area contributed by atoms with E-state index in [1.165, 1.54) is 167 Å². The first-order valence-electron chi connectivity index (χ1n) is 25.8. The van der Waals surface area contributed by atoms with E-state index in [-0.39, 0.29) is 18.5 Å². The summed E-state index contributed by atoms with van der Waals surface area (Å²) in [6.45, 7) is 4.84. The average Bonchev–Trinajstić information content (AvgIpc) is 3.24. The standard InChI is InChI=1S/C53H99NO5/c1-3-5-7-9-11-13-15-17-18-19-20-23-27-31-35-39-43-47-53(58)59-48-44-40-36-32-28-24-21-22-26-30-34-38-42-46-52(57)54-50(49-55)51(56)45-41-37-33-29-25-16-14-12-10-8-6-4-2/h17-18,22,26,41,45,50-51,55-56H,3-16,19-21,23-25,27-40,42-44,46-49H2,1-2H3,(H,54,57)/b18-17-,26-22-,45-41+. The number of nitrogens with one attached hydrogen (secondary N) is 1. The van der Waals surface area contributed by atoms with Crippen molar-refractivity contribution >= 4 is 11.9 Å². The topological polar surface area (TPSA) is 95.9 Å². The van der Waals surface area contributed by atoms with Gasteiger partial charge < -0.3 is 20.3 Å². The number of amides is 1. The largest absolute Gasteiger partial charge is 0.466 e. The summed E-state index contributed by atoms with van der Waals surface area (Å²) in [5, 5.41) is 23.0. The SMILES string of the molecule is CCCCCCCC/C=C\CCCCCCCCCC(=O)OCCCCCCCC/C=C\CCCCCC(=O)NC(CO)C(O)/C=C/CCCCCCCCCCCC. The van der Waals surface area contributed by atoms with E-state index < -0.39 is 12.1 Å². The molecule has 2 unspecified atom stereocenters. The fraction of sp³-hybridized carbons (Fsp3) is 0.849. The van der Waals surface area contributed by atoms with E-state index in [0.717, 1.165) is 70.6 Å². The number of allylic oxidation sites excluding steroid dienone is 5. The van der Waals surface area contributed by atoms with Gasteiger partial charge in [-0.1, -0.05) is 204 Å². The summed E-state index contributed by atoms with van der Waals surface area (Å²) in [5.41, 5.74) is 0. The van der Waals surface area contributed by atoms with E-state index in [0.29, 0.717) is 19.4 Å². The number of aliphatic hydroxyl groups excluding tert-OH is 2. The van der Waals surface area contributed by atoms with Crippen LogP contribution in [0.3, 0.4) is 0 Å². The van der Waals surface area contributed by atoms with Gasteiger partial charge in [-0.3, -0.25) is 9.59 Å². The minimum atomic E-state index is -0.860. The van der Waals surface area contributed by atoms with Crippen molar-refractivity contribution in [2.24, 2.45) is 0 Å². The highest BCUT2D eigenvalue weighted by molar-refractivity contribution is 5.76. The zero-order valence-corrected chi connectivity index (χ0v) is 39.2. The molecule has 0 fully saturated rings. The summed E-state index contributed by atoms with van der Waals surface area (Å²) in [6, 6.07) is -0.647. The number of carbonyl (C=O) groups is 2. The van der Waals surface area contributed by atoms with Gasteiger partial charge in [0.25, 0.3) is 0 Å². The van der Waals surface area contributed by atoms with Gasteiger partial charge in [-0.15, -0.1) is 0 Å². The highest BCUT2D eigenvalue weighted by atomic mass is 16.5. The Morgan fingerprint density at radius 3 is 1.22 bits per heavy atom. The van der Waals surface area contributed by atoms with Crippen molar-refractivity contribution in [2.75, 3.05) is 13.2 Å². The molecule has 346 valence electrons. The summed E-state index contributed by atoms with van der Waals surface area (Å²) in [6.07, 6.45) is 58.6. The second-order valence-corrected chi connectivity index (χ2v) is 17.5. The molecule has 0 saturated carbocycles. The van der Waals surface area contributed by atoms with Crippen LogP contribution in [-0.4, -0.2) is 47.4 Å². The fourth-order valence-corrected chi connectivity index (χ4v) is 7.62. The van der Waals surface area contributed by atoms with E-state index in [2.05, 4.69) is 43.5 Å². The van der Waals surface area contributed by atoms with Crippen molar-refractivity contribution < 1.29 is 24.5 Å². The molecule has 0 bridgehead atoms. The predicted molar refractivity (Wildman–Crippen MR) is 255 cm³/mol. The molecular formula is C53H99NO5. The Labute approximate surface area is 366 Å². The van der Waals surface area contributed by atoms with Gasteiger partial charge in [-0.25, -0.2) is 0 Å². The molecule has 59 heavy (non-hydrogen) atoms. The van der Waals surface area contributed by atoms with Crippen LogP contribution >= 0.6 is 0 Å². The molecule has 6 nitrogen and oxygen atoms in total. The molecule has 0 aromatic rings. The van der Waals surface area contributed by atoms with Crippen molar-refractivity contribution in [3.63, 3.8) is 0 Å². The molecule has 0 spiro atoms. The van der Waals surface area contributed by atoms with Crippen LogP contribution in [0, 0.1) is 0 Å². The Hall–Kier alpha value is -1.92. The smallest absolute Gasteiger partial charge is 0.305 e. The molecule has 6 heteroatoms. The molecule has 2 atom stereocenters. The molecule has 0 saturated heterocycles. The third-order valence-electron chi connectivity index (χ3n) is 11.6. The number of hydrogen-bond acceptors (Lipinski definition) is 5. The van der Waals surface area contributed by atoms with E-state index in [1.807, 2.05) is 6.08 Å². The van der Waals surface area contributed by atoms with Gasteiger partial charge in [0.2, 0.25) is 5.91 Å². The van der Waals surface area contributed by atoms with Gasteiger partial charge in [0.15, 0.2) is 0 Å². The maximum atomic E-state index is 12.4. The summed E-state index contributed by atoms with van der Waals surface area (Å²) in [4.78, 5) is 24.4. The van der Waals surface area contributed by atoms with Gasteiger partial charge in [-0.05, 0) is 83.5 Å². The quantitative estimate of drug-likeness (QED) is 0.0323. The summed E-state index contributed by atoms with van der Waals surface area (Å²) in [7, 11) is 0. The molecule has 1 amide bonds. The summed E-state index contributed by atoms with van der Waals surface area (Å²) < 4.78 is 5.46. The van der Waals surface area contributed by atoms with Gasteiger partial charge in [0.05, 0.1) is 25.4 Å². The zero-order valence-electron chi connectivity index (χ0n) is 39.2. The number of carbonyl (C=O) groups excluding carboxylic acids is 2. The predicted octanol–water partition coefficient (Wildman–Crippen LogP) is 15.3. The minimum Gasteiger partial charge on any atom is -0.466 e. The Morgan fingerprint density at radius 1 is 0.458 bits per heavy atom. The Balaban J connectivity index is 3.51. The lowest BCUT2D eigenvalue weighted by molar-refractivity contribution is -0.143. The molecule has 0 radical (unpaired) electrons. The van der Waals surface area contributed by atoms with Crippen LogP contribution in [0.1, 0.15) is 264 Å². The van der Waals surface area contributed by atoms with Gasteiger partial charge in [0.1, 0.15) is 0 Å². The number of ether oxygens (including phenoxy) is 1. The number of esters is 1. The number of aliphatic hydroxyl groups is 2. The lowest BCUT2D eigenvalue weighted by Gasteiger charge is -2.19. The highest BCUT2D eigenvalue weighted by Crippen LogP contribution is 2.14. The van der Waals surface area contributed by atoms with Crippen molar-refractivity contribution in [3.05, 3.63) is 36.5 Å². The average molecular weight is 830 g/mol. The molecular weight excluding hydrogens is 731 g/mol. The van der Waals surface area contributed by atoms with Crippen molar-refractivity contribution in [1.29, 1.82) is 0 Å². The maximum Gasteiger partial charge on any atom is 0.305 e. The molecule has 0 aromatic heterocycles. The monoisotopic (exact) mass is 830 g/mol. The maximum absolute atomic E-state index is 12.4. The Morgan fingerprint density at radius 2 is 0.797 bits per heavy atom. The second-order valence-electron chi connectivity index (χ2n) is 17.5. The van der Waals surface area contributed by atoms with Crippen LogP contribution < -0.4 is 5.32 Å². The first-order chi connectivity index (χ1) is 29.0. The van der Waals surface area contributed by atoms with Crippen LogP contribution in [0.15, 0.2) is 36.5 Å². The molecule has 0 aromatic carbocycles. The van der Waals surface area contributed by atoms with Gasteiger partial charge >= 0.3 is 5.97 Å². The first-order valence-corrected chi connectivity index (χ1v) is 25.8. The minimum absolute atomic E-state index is 0.0181. The normalized spacial score (nSPS) is 12.9. The van der Waals surface area contributed by atoms with Crippen molar-refractivity contribution in [2.45, 2.75) is 276 Å². The molecule has 0 aliphatic heterocycles. The Bertz CT molecular complexity index is 962. The Kier molecular flexibility index (Phi) is 47.2. The molecule has 0 rings (SSSR count). The van der Waals surface area contributed by atoms with Crippen molar-refractivity contribution in [3.8, 4) is 0 Å². The van der Waals surface area contributed by atoms with Crippen LogP contribution in [0.25, 0.3) is 0 Å².